The average Bonchev–Trinajstić information content (AvgIpc) is 2.75. The lowest BCUT2D eigenvalue weighted by Gasteiger charge is -2.47. The third-order valence-corrected chi connectivity index (χ3v) is 10.7. The highest BCUT2D eigenvalue weighted by molar-refractivity contribution is 8.19. The predicted molar refractivity (Wildman–Crippen MR) is 61.3 cm³/mol. The summed E-state index contributed by atoms with van der Waals surface area (Å²) in [6.45, 7) is 0. The van der Waals surface area contributed by atoms with E-state index in [9.17, 15) is 5.11 Å². The van der Waals surface area contributed by atoms with Gasteiger partial charge in [-0.1, -0.05) is 0 Å². The van der Waals surface area contributed by atoms with Crippen molar-refractivity contribution in [1.82, 2.24) is 0 Å². The van der Waals surface area contributed by atoms with Crippen molar-refractivity contribution in [2.75, 3.05) is 6.26 Å². The van der Waals surface area contributed by atoms with Gasteiger partial charge in [0.1, 0.15) is 4.93 Å². The fourth-order valence-electron chi connectivity index (χ4n) is 7.30. The van der Waals surface area contributed by atoms with Crippen molar-refractivity contribution in [3.63, 3.8) is 0 Å². The molecule has 4 bridgehead atoms. The van der Waals surface area contributed by atoms with Crippen molar-refractivity contribution in [3.05, 3.63) is 0 Å². The van der Waals surface area contributed by atoms with E-state index in [0.29, 0.717) is 10.00 Å². The third-order valence-electron chi connectivity index (χ3n) is 7.03. The van der Waals surface area contributed by atoms with E-state index in [1.807, 2.05) is 11.8 Å². The lowest BCUT2D eigenvalue weighted by atomic mass is 9.59. The molecule has 7 fully saturated rings. The molecule has 0 amide bonds. The van der Waals surface area contributed by atoms with Crippen LogP contribution in [0.15, 0.2) is 0 Å². The summed E-state index contributed by atoms with van der Waals surface area (Å²) in [5.74, 6) is 7.24. The van der Waals surface area contributed by atoms with Gasteiger partial charge in [-0.25, -0.2) is 0 Å². The Hall–Kier alpha value is 0.660. The van der Waals surface area contributed by atoms with Crippen molar-refractivity contribution in [1.29, 1.82) is 0 Å². The van der Waals surface area contributed by atoms with Gasteiger partial charge in [0.2, 0.25) is 0 Å². The molecular weight excluding hydrogens is 224 g/mol. The van der Waals surface area contributed by atoms with E-state index in [1.165, 1.54) is 6.42 Å². The van der Waals surface area contributed by atoms with Crippen LogP contribution in [0.1, 0.15) is 6.42 Å². The molecule has 2 saturated heterocycles. The van der Waals surface area contributed by atoms with Gasteiger partial charge in [0, 0.05) is 11.8 Å². The van der Waals surface area contributed by atoms with Crippen molar-refractivity contribution in [3.8, 4) is 0 Å². The molecule has 10 atom stereocenters. The highest BCUT2D eigenvalue weighted by atomic mass is 32.2. The maximum Gasteiger partial charge on any atom is 0.118 e. The Labute approximate surface area is 97.8 Å². The molecule has 5 aliphatic carbocycles. The normalized spacial score (nSPS) is 87.6. The van der Waals surface area contributed by atoms with Gasteiger partial charge in [0.15, 0.2) is 0 Å². The molecule has 10 unspecified atom stereocenters. The minimum Gasteiger partial charge on any atom is -0.379 e. The number of hydrogen-bond donors (Lipinski definition) is 1. The van der Waals surface area contributed by atoms with Gasteiger partial charge in [-0.05, 0) is 48.2 Å². The van der Waals surface area contributed by atoms with Gasteiger partial charge in [-0.3, -0.25) is 0 Å². The molecule has 7 aliphatic rings. The highest BCUT2D eigenvalue weighted by Crippen LogP contribution is 2.97. The van der Waals surface area contributed by atoms with Gasteiger partial charge in [0.25, 0.3) is 0 Å². The Morgan fingerprint density at radius 3 is 2.67 bits per heavy atom. The topological polar surface area (TPSA) is 20.2 Å². The highest BCUT2D eigenvalue weighted by Gasteiger charge is 2.96. The quantitative estimate of drug-likeness (QED) is 0.753. The van der Waals surface area contributed by atoms with Crippen molar-refractivity contribution in [2.24, 2.45) is 47.3 Å². The molecule has 5 saturated carbocycles. The second kappa shape index (κ2) is 1.74. The molecule has 0 aromatic rings. The minimum atomic E-state index is -0.255. The van der Waals surface area contributed by atoms with E-state index in [-0.39, 0.29) is 4.93 Å². The maximum absolute atomic E-state index is 11.0. The molecule has 80 valence electrons. The molecule has 0 aromatic heterocycles. The lowest BCUT2D eigenvalue weighted by molar-refractivity contribution is -0.0517. The zero-order chi connectivity index (χ0) is 9.74. The summed E-state index contributed by atoms with van der Waals surface area (Å²) < 4.78 is 0.473. The molecule has 7 rings (SSSR count). The van der Waals surface area contributed by atoms with Gasteiger partial charge in [-0.15, -0.1) is 23.5 Å². The third kappa shape index (κ3) is 0.433. The predicted octanol–water partition coefficient (Wildman–Crippen LogP) is 1.87. The fourth-order valence-corrected chi connectivity index (χ4v) is 11.5. The average molecular weight is 238 g/mol. The zero-order valence-corrected chi connectivity index (χ0v) is 10.2. The van der Waals surface area contributed by atoms with Crippen molar-refractivity contribution >= 4 is 23.5 Å². The number of rotatable bonds is 1. The second-order valence-electron chi connectivity index (χ2n) is 6.60. The van der Waals surface area contributed by atoms with Crippen LogP contribution in [-0.4, -0.2) is 20.4 Å². The molecule has 15 heavy (non-hydrogen) atoms. The first-order valence-corrected chi connectivity index (χ1v) is 8.26. The Bertz CT molecular complexity index is 426. The van der Waals surface area contributed by atoms with E-state index >= 15 is 0 Å². The second-order valence-corrected chi connectivity index (χ2v) is 9.48. The van der Waals surface area contributed by atoms with E-state index in [2.05, 4.69) is 18.0 Å². The van der Waals surface area contributed by atoms with Crippen LogP contribution in [-0.2, 0) is 0 Å². The Kier molecular flexibility index (Phi) is 0.914. The molecule has 0 radical (unpaired) electrons. The van der Waals surface area contributed by atoms with Gasteiger partial charge in [-0.2, -0.15) is 0 Å². The van der Waals surface area contributed by atoms with Crippen molar-refractivity contribution < 1.29 is 5.11 Å². The van der Waals surface area contributed by atoms with Crippen LogP contribution in [0.4, 0.5) is 0 Å². The van der Waals surface area contributed by atoms with Crippen LogP contribution in [0.5, 0.6) is 0 Å². The number of aliphatic hydroxyl groups is 1. The number of hydrogen-bond acceptors (Lipinski definition) is 3. The summed E-state index contributed by atoms with van der Waals surface area (Å²) in [5.41, 5.74) is 0. The fraction of sp³-hybridized carbons (Fsp3) is 1.00. The first-order chi connectivity index (χ1) is 7.24. The van der Waals surface area contributed by atoms with Crippen LogP contribution in [0, 0.1) is 47.3 Å². The largest absolute Gasteiger partial charge is 0.379 e. The Morgan fingerprint density at radius 1 is 1.13 bits per heavy atom. The summed E-state index contributed by atoms with van der Waals surface area (Å²) in [5, 5.41) is 11.0. The summed E-state index contributed by atoms with van der Waals surface area (Å²) in [4.78, 5) is -0.255. The molecule has 0 aromatic carbocycles. The van der Waals surface area contributed by atoms with E-state index in [0.717, 1.165) is 41.4 Å². The first-order valence-electron chi connectivity index (χ1n) is 6.22. The van der Waals surface area contributed by atoms with E-state index in [1.54, 1.807) is 0 Å². The van der Waals surface area contributed by atoms with E-state index in [4.69, 9.17) is 0 Å². The summed E-state index contributed by atoms with van der Waals surface area (Å²) in [6, 6.07) is 0. The number of thioether (sulfide) groups is 2. The van der Waals surface area contributed by atoms with Crippen LogP contribution >= 0.6 is 23.5 Å². The smallest absolute Gasteiger partial charge is 0.118 e. The van der Waals surface area contributed by atoms with Crippen LogP contribution in [0.25, 0.3) is 0 Å². The van der Waals surface area contributed by atoms with Crippen LogP contribution in [0.2, 0.25) is 0 Å². The monoisotopic (exact) mass is 238 g/mol. The Balaban J connectivity index is 1.77. The molecule has 2 aliphatic heterocycles. The minimum absolute atomic E-state index is 0.255. The molecule has 0 spiro atoms. The molecular formula is C12H14OS2. The summed E-state index contributed by atoms with van der Waals surface area (Å²) in [7, 11) is 0. The summed E-state index contributed by atoms with van der Waals surface area (Å²) in [6.07, 6.45) is 3.78. The summed E-state index contributed by atoms with van der Waals surface area (Å²) >= 11 is 4.11. The standard InChI is InChI=1S/C12H14OS2/c1-14-12-8-4-2-3-5-6(4)10(12)9(5)11(13,15-12)7(3)8/h3-10,13H,2H2,1H3. The first kappa shape index (κ1) is 7.88. The Morgan fingerprint density at radius 2 is 1.87 bits per heavy atom. The molecule has 1 nitrogen and oxygen atoms in total. The van der Waals surface area contributed by atoms with Gasteiger partial charge >= 0.3 is 0 Å². The van der Waals surface area contributed by atoms with Gasteiger partial charge in [0.05, 0.1) is 4.08 Å². The molecule has 3 heteroatoms. The van der Waals surface area contributed by atoms with Crippen LogP contribution < -0.4 is 0 Å². The maximum atomic E-state index is 11.0. The molecule has 2 heterocycles. The van der Waals surface area contributed by atoms with E-state index < -0.39 is 0 Å². The molecule has 1 N–H and O–H groups in total. The lowest BCUT2D eigenvalue weighted by Crippen LogP contribution is -2.50. The van der Waals surface area contributed by atoms with Gasteiger partial charge < -0.3 is 5.11 Å². The zero-order valence-electron chi connectivity index (χ0n) is 8.59. The van der Waals surface area contributed by atoms with Crippen LogP contribution in [0.3, 0.4) is 0 Å². The van der Waals surface area contributed by atoms with Crippen molar-refractivity contribution in [2.45, 2.75) is 15.4 Å². The SMILES string of the molecule is CSC12SC3(O)C4C5CC(C6C5C3C61)C42.